The normalized spacial score (nSPS) is 10.6. The minimum absolute atomic E-state index is 0.330. The maximum atomic E-state index is 11.8. The Bertz CT molecular complexity index is 1480. The number of anilines is 1. The summed E-state index contributed by atoms with van der Waals surface area (Å²) in [6.45, 7) is 0. The standard InChI is InChI=1S/C33H26N2O/c34-30-21-20-28(22-29(30)33(35)36)23-16-18-27(19-17-23)32(26-14-8-3-9-15-26)31(24-10-4-1-5-11-24)25-12-6-2-7-13-25/h1-22H,34H2,(H2,35,36). The van der Waals surface area contributed by atoms with Crippen molar-refractivity contribution in [1.82, 2.24) is 0 Å². The van der Waals surface area contributed by atoms with Crippen molar-refractivity contribution in [2.45, 2.75) is 0 Å². The fourth-order valence-corrected chi connectivity index (χ4v) is 4.50. The summed E-state index contributed by atoms with van der Waals surface area (Å²) in [7, 11) is 0. The van der Waals surface area contributed by atoms with Gasteiger partial charge in [0.15, 0.2) is 0 Å². The number of carbonyl (C=O) groups is 1. The molecule has 0 heterocycles. The topological polar surface area (TPSA) is 69.1 Å². The molecule has 0 saturated heterocycles. The van der Waals surface area contributed by atoms with Crippen molar-refractivity contribution in [2.24, 2.45) is 5.73 Å². The molecular weight excluding hydrogens is 440 g/mol. The Kier molecular flexibility index (Phi) is 6.46. The molecular formula is C33H26N2O. The molecule has 3 nitrogen and oxygen atoms in total. The van der Waals surface area contributed by atoms with Gasteiger partial charge in [0.05, 0.1) is 5.56 Å². The lowest BCUT2D eigenvalue weighted by atomic mass is 9.85. The summed E-state index contributed by atoms with van der Waals surface area (Å²) < 4.78 is 0. The average Bonchev–Trinajstić information content (AvgIpc) is 2.93. The van der Waals surface area contributed by atoms with Crippen LogP contribution in [0.25, 0.3) is 22.3 Å². The minimum atomic E-state index is -0.532. The Balaban J connectivity index is 1.71. The molecule has 36 heavy (non-hydrogen) atoms. The molecule has 0 aliphatic heterocycles. The number of benzene rings is 5. The van der Waals surface area contributed by atoms with Crippen LogP contribution < -0.4 is 11.5 Å². The summed E-state index contributed by atoms with van der Waals surface area (Å²) in [5, 5.41) is 0. The van der Waals surface area contributed by atoms with Gasteiger partial charge in [-0.2, -0.15) is 0 Å². The van der Waals surface area contributed by atoms with Crippen molar-refractivity contribution in [1.29, 1.82) is 0 Å². The van der Waals surface area contributed by atoms with Gasteiger partial charge in [-0.05, 0) is 56.7 Å². The zero-order chi connectivity index (χ0) is 24.9. The van der Waals surface area contributed by atoms with Crippen LogP contribution in [0.15, 0.2) is 133 Å². The molecule has 0 radical (unpaired) electrons. The second-order valence-corrected chi connectivity index (χ2v) is 8.59. The van der Waals surface area contributed by atoms with Crippen molar-refractivity contribution >= 4 is 22.7 Å². The monoisotopic (exact) mass is 466 g/mol. The maximum Gasteiger partial charge on any atom is 0.250 e. The van der Waals surface area contributed by atoms with E-state index in [1.54, 1.807) is 12.1 Å². The van der Waals surface area contributed by atoms with Gasteiger partial charge in [-0.1, -0.05) is 121 Å². The number of hydrogen-bond acceptors (Lipinski definition) is 2. The summed E-state index contributed by atoms with van der Waals surface area (Å²) in [5.41, 5.74) is 20.9. The SMILES string of the molecule is NC(=O)c1cc(-c2ccc(C(=C(c3ccccc3)c3ccccc3)c3ccccc3)cc2)ccc1N. The van der Waals surface area contributed by atoms with Gasteiger partial charge >= 0.3 is 0 Å². The lowest BCUT2D eigenvalue weighted by Crippen LogP contribution is -2.13. The highest BCUT2D eigenvalue weighted by Gasteiger charge is 2.16. The van der Waals surface area contributed by atoms with E-state index in [4.69, 9.17) is 11.5 Å². The van der Waals surface area contributed by atoms with E-state index in [0.29, 0.717) is 11.3 Å². The van der Waals surface area contributed by atoms with Crippen LogP contribution in [0.3, 0.4) is 0 Å². The van der Waals surface area contributed by atoms with Gasteiger partial charge < -0.3 is 11.5 Å². The van der Waals surface area contributed by atoms with E-state index in [-0.39, 0.29) is 0 Å². The van der Waals surface area contributed by atoms with Gasteiger partial charge in [-0.3, -0.25) is 4.79 Å². The van der Waals surface area contributed by atoms with E-state index >= 15 is 0 Å². The second kappa shape index (κ2) is 10.2. The number of hydrogen-bond donors (Lipinski definition) is 2. The third-order valence-corrected chi connectivity index (χ3v) is 6.26. The molecule has 0 unspecified atom stereocenters. The van der Waals surface area contributed by atoms with E-state index in [0.717, 1.165) is 39.0 Å². The molecule has 0 atom stereocenters. The van der Waals surface area contributed by atoms with E-state index in [1.165, 1.54) is 5.57 Å². The van der Waals surface area contributed by atoms with Crippen LogP contribution in [0.5, 0.6) is 0 Å². The Morgan fingerprint density at radius 2 is 0.861 bits per heavy atom. The van der Waals surface area contributed by atoms with Crippen molar-refractivity contribution in [2.75, 3.05) is 5.73 Å². The molecule has 5 aromatic rings. The summed E-state index contributed by atoms with van der Waals surface area (Å²) >= 11 is 0. The molecule has 0 bridgehead atoms. The van der Waals surface area contributed by atoms with Gasteiger partial charge in [-0.25, -0.2) is 0 Å². The smallest absolute Gasteiger partial charge is 0.250 e. The largest absolute Gasteiger partial charge is 0.398 e. The summed E-state index contributed by atoms with van der Waals surface area (Å²) in [5.74, 6) is -0.532. The summed E-state index contributed by atoms with van der Waals surface area (Å²) in [6.07, 6.45) is 0. The van der Waals surface area contributed by atoms with Gasteiger partial charge in [-0.15, -0.1) is 0 Å². The number of primary amides is 1. The molecule has 0 spiro atoms. The highest BCUT2D eigenvalue weighted by atomic mass is 16.1. The molecule has 0 aliphatic rings. The van der Waals surface area contributed by atoms with Crippen LogP contribution in [0, 0.1) is 0 Å². The molecule has 0 aromatic heterocycles. The Morgan fingerprint density at radius 3 is 1.28 bits per heavy atom. The fourth-order valence-electron chi connectivity index (χ4n) is 4.50. The van der Waals surface area contributed by atoms with E-state index in [1.807, 2.05) is 24.3 Å². The van der Waals surface area contributed by atoms with Gasteiger partial charge in [0, 0.05) is 5.69 Å². The van der Waals surface area contributed by atoms with Crippen LogP contribution in [-0.2, 0) is 0 Å². The minimum Gasteiger partial charge on any atom is -0.398 e. The molecule has 5 rings (SSSR count). The Hall–Kier alpha value is -4.89. The van der Waals surface area contributed by atoms with Crippen LogP contribution in [0.1, 0.15) is 32.6 Å². The van der Waals surface area contributed by atoms with Crippen molar-refractivity contribution in [3.8, 4) is 11.1 Å². The zero-order valence-electron chi connectivity index (χ0n) is 19.8. The molecule has 3 heteroatoms. The highest BCUT2D eigenvalue weighted by Crippen LogP contribution is 2.37. The molecule has 0 aliphatic carbocycles. The molecule has 174 valence electrons. The fraction of sp³-hybridized carbons (Fsp3) is 0. The first-order valence-corrected chi connectivity index (χ1v) is 11.8. The third-order valence-electron chi connectivity index (χ3n) is 6.26. The van der Waals surface area contributed by atoms with E-state index < -0.39 is 5.91 Å². The Morgan fingerprint density at radius 1 is 0.472 bits per heavy atom. The second-order valence-electron chi connectivity index (χ2n) is 8.59. The first-order valence-electron chi connectivity index (χ1n) is 11.8. The first-order chi connectivity index (χ1) is 17.6. The lowest BCUT2D eigenvalue weighted by molar-refractivity contribution is 0.100. The third kappa shape index (κ3) is 4.68. The van der Waals surface area contributed by atoms with Crippen molar-refractivity contribution in [3.05, 3.63) is 161 Å². The van der Waals surface area contributed by atoms with Gasteiger partial charge in [0.2, 0.25) is 0 Å². The summed E-state index contributed by atoms with van der Waals surface area (Å²) in [4.78, 5) is 11.8. The average molecular weight is 467 g/mol. The number of amides is 1. The van der Waals surface area contributed by atoms with Crippen molar-refractivity contribution < 1.29 is 4.79 Å². The molecule has 0 fully saturated rings. The van der Waals surface area contributed by atoms with Gasteiger partial charge in [0.1, 0.15) is 0 Å². The van der Waals surface area contributed by atoms with Crippen LogP contribution in [-0.4, -0.2) is 5.91 Å². The maximum absolute atomic E-state index is 11.8. The molecule has 1 amide bonds. The number of carbonyl (C=O) groups excluding carboxylic acids is 1. The number of nitrogen functional groups attached to an aromatic ring is 1. The molecule has 5 aromatic carbocycles. The predicted octanol–water partition coefficient (Wildman–Crippen LogP) is 7.04. The first kappa shape index (κ1) is 22.9. The van der Waals surface area contributed by atoms with Gasteiger partial charge in [0.25, 0.3) is 5.91 Å². The number of nitrogens with two attached hydrogens (primary N) is 2. The van der Waals surface area contributed by atoms with Crippen molar-refractivity contribution in [3.63, 3.8) is 0 Å². The highest BCUT2D eigenvalue weighted by molar-refractivity contribution is 6.04. The summed E-state index contributed by atoms with van der Waals surface area (Å²) in [6, 6.07) is 45.2. The molecule has 4 N–H and O–H groups in total. The van der Waals surface area contributed by atoms with E-state index in [9.17, 15) is 4.79 Å². The van der Waals surface area contributed by atoms with E-state index in [2.05, 4.69) is 97.1 Å². The van der Waals surface area contributed by atoms with Crippen LogP contribution in [0.4, 0.5) is 5.69 Å². The molecule has 0 saturated carbocycles. The Labute approximate surface area is 211 Å². The quantitative estimate of drug-likeness (QED) is 0.208. The number of rotatable bonds is 6. The van der Waals surface area contributed by atoms with Crippen LogP contribution >= 0.6 is 0 Å². The van der Waals surface area contributed by atoms with Crippen LogP contribution in [0.2, 0.25) is 0 Å². The predicted molar refractivity (Wildman–Crippen MR) is 149 cm³/mol. The zero-order valence-corrected chi connectivity index (χ0v) is 19.8. The lowest BCUT2D eigenvalue weighted by Gasteiger charge is -2.18.